The number of hydrogen-bond donors (Lipinski definition) is 0. The van der Waals surface area contributed by atoms with Crippen LogP contribution in [0.25, 0.3) is 0 Å². The van der Waals surface area contributed by atoms with Crippen LogP contribution in [0.3, 0.4) is 0 Å². The summed E-state index contributed by atoms with van der Waals surface area (Å²) in [6, 6.07) is 9.63. The summed E-state index contributed by atoms with van der Waals surface area (Å²) in [6.07, 6.45) is 0. The van der Waals surface area contributed by atoms with Gasteiger partial charge in [-0.25, -0.2) is 12.7 Å². The Kier molecular flexibility index (Phi) is 7.39. The number of carbonyl (C=O) groups excluding carboxylic acids is 1. The minimum atomic E-state index is -3.51. The van der Waals surface area contributed by atoms with Crippen LogP contribution < -0.4 is 9.64 Å². The summed E-state index contributed by atoms with van der Waals surface area (Å²) in [5.74, 6) is 1.08. The maximum Gasteiger partial charge on any atom is 0.253 e. The molecule has 158 valence electrons. The third-order valence-corrected chi connectivity index (χ3v) is 6.44. The van der Waals surface area contributed by atoms with E-state index in [1.807, 2.05) is 6.07 Å². The molecule has 0 aliphatic carbocycles. The predicted molar refractivity (Wildman–Crippen MR) is 111 cm³/mol. The molecule has 0 bridgehead atoms. The monoisotopic (exact) mass is 441 g/mol. The number of methoxy groups -OCH3 is 1. The Morgan fingerprint density at radius 3 is 2.10 bits per heavy atom. The Labute approximate surface area is 176 Å². The minimum absolute atomic E-state index is 0. The molecule has 0 atom stereocenters. The number of benzene rings is 1. The molecule has 2 heterocycles. The number of nitrogens with zero attached hydrogens (tertiary/aromatic N) is 5. The van der Waals surface area contributed by atoms with Crippen molar-refractivity contribution in [3.05, 3.63) is 42.0 Å². The molecule has 9 nitrogen and oxygen atoms in total. The van der Waals surface area contributed by atoms with E-state index in [1.165, 1.54) is 33.3 Å². The Morgan fingerprint density at radius 1 is 1.00 bits per heavy atom. The normalized spacial score (nSPS) is 14.5. The van der Waals surface area contributed by atoms with Crippen LogP contribution in [0, 0.1) is 0 Å². The minimum Gasteiger partial charge on any atom is -0.480 e. The van der Waals surface area contributed by atoms with Gasteiger partial charge in [0.25, 0.3) is 5.91 Å². The smallest absolute Gasteiger partial charge is 0.253 e. The van der Waals surface area contributed by atoms with Crippen molar-refractivity contribution >= 4 is 34.2 Å². The molecule has 0 N–H and O–H groups in total. The lowest BCUT2D eigenvalue weighted by atomic mass is 10.2. The SMILES string of the molecule is COc1ccc(N2CCN(C(=O)c3ccc(S(=O)(=O)N(C)C)cc3)CC2)nn1.Cl. The van der Waals surface area contributed by atoms with Crippen LogP contribution in [-0.2, 0) is 10.0 Å². The van der Waals surface area contributed by atoms with Crippen LogP contribution in [0.2, 0.25) is 0 Å². The molecule has 1 aliphatic heterocycles. The van der Waals surface area contributed by atoms with Gasteiger partial charge in [-0.3, -0.25) is 4.79 Å². The van der Waals surface area contributed by atoms with E-state index in [9.17, 15) is 13.2 Å². The Morgan fingerprint density at radius 2 is 1.62 bits per heavy atom. The fourth-order valence-electron chi connectivity index (χ4n) is 2.89. The second kappa shape index (κ2) is 9.38. The van der Waals surface area contributed by atoms with E-state index in [-0.39, 0.29) is 23.2 Å². The molecule has 1 fully saturated rings. The van der Waals surface area contributed by atoms with Crippen molar-refractivity contribution in [2.45, 2.75) is 4.90 Å². The topological polar surface area (TPSA) is 95.9 Å². The zero-order valence-electron chi connectivity index (χ0n) is 16.5. The number of amides is 1. The van der Waals surface area contributed by atoms with Crippen molar-refractivity contribution in [1.29, 1.82) is 0 Å². The van der Waals surface area contributed by atoms with Crippen LogP contribution >= 0.6 is 12.4 Å². The average molecular weight is 442 g/mol. The molecule has 0 unspecified atom stereocenters. The molecule has 1 saturated heterocycles. The van der Waals surface area contributed by atoms with E-state index in [0.717, 1.165) is 10.1 Å². The number of anilines is 1. The second-order valence-electron chi connectivity index (χ2n) is 6.52. The van der Waals surface area contributed by atoms with Gasteiger partial charge >= 0.3 is 0 Å². The van der Waals surface area contributed by atoms with Gasteiger partial charge in [-0.15, -0.1) is 22.6 Å². The molecular formula is C18H24ClN5O4S. The molecule has 0 saturated carbocycles. The molecule has 11 heteroatoms. The van der Waals surface area contributed by atoms with Crippen LogP contribution in [0.5, 0.6) is 5.88 Å². The maximum atomic E-state index is 12.7. The first-order valence-corrected chi connectivity index (χ1v) is 10.2. The van der Waals surface area contributed by atoms with Crippen molar-refractivity contribution in [1.82, 2.24) is 19.4 Å². The molecule has 0 radical (unpaired) electrons. The summed E-state index contributed by atoms with van der Waals surface area (Å²) in [7, 11) is 0.978. The van der Waals surface area contributed by atoms with Gasteiger partial charge in [0.15, 0.2) is 5.82 Å². The van der Waals surface area contributed by atoms with E-state index >= 15 is 0 Å². The van der Waals surface area contributed by atoms with Gasteiger partial charge in [-0.2, -0.15) is 0 Å². The van der Waals surface area contributed by atoms with Crippen LogP contribution in [0.4, 0.5) is 5.82 Å². The van der Waals surface area contributed by atoms with Gasteiger partial charge in [-0.05, 0) is 30.3 Å². The highest BCUT2D eigenvalue weighted by molar-refractivity contribution is 7.89. The third-order valence-electron chi connectivity index (χ3n) is 4.61. The van der Waals surface area contributed by atoms with Gasteiger partial charge in [0.1, 0.15) is 0 Å². The average Bonchev–Trinajstić information content (AvgIpc) is 2.73. The zero-order chi connectivity index (χ0) is 20.3. The Balaban J connectivity index is 0.00000300. The molecule has 0 spiro atoms. The highest BCUT2D eigenvalue weighted by Gasteiger charge is 2.24. The van der Waals surface area contributed by atoms with Crippen LogP contribution in [0.1, 0.15) is 10.4 Å². The molecule has 1 aromatic heterocycles. The van der Waals surface area contributed by atoms with Gasteiger partial charge in [0.2, 0.25) is 15.9 Å². The standard InChI is InChI=1S/C18H23N5O4S.ClH/c1-21(2)28(25,26)15-6-4-14(5-7-15)18(24)23-12-10-22(11-13-23)16-8-9-17(27-3)20-19-16;/h4-9H,10-13H2,1-3H3;1H. The van der Waals surface area contributed by atoms with Gasteiger partial charge < -0.3 is 14.5 Å². The number of rotatable bonds is 5. The molecular weight excluding hydrogens is 418 g/mol. The molecule has 1 amide bonds. The van der Waals surface area contributed by atoms with Crippen LogP contribution in [0.15, 0.2) is 41.3 Å². The lowest BCUT2D eigenvalue weighted by Gasteiger charge is -2.35. The van der Waals surface area contributed by atoms with E-state index < -0.39 is 10.0 Å². The van der Waals surface area contributed by atoms with E-state index in [4.69, 9.17) is 4.74 Å². The van der Waals surface area contributed by atoms with Crippen LogP contribution in [-0.4, -0.2) is 81.1 Å². The predicted octanol–water partition coefficient (Wildman–Crippen LogP) is 1.12. The number of carbonyl (C=O) groups is 1. The quantitative estimate of drug-likeness (QED) is 0.685. The molecule has 3 rings (SSSR count). The first kappa shape index (κ1) is 22.9. The van der Waals surface area contributed by atoms with Crippen molar-refractivity contribution in [3.8, 4) is 5.88 Å². The summed E-state index contributed by atoms with van der Waals surface area (Å²) in [4.78, 5) is 16.7. The lowest BCUT2D eigenvalue weighted by molar-refractivity contribution is 0.0746. The second-order valence-corrected chi connectivity index (χ2v) is 8.68. The number of halogens is 1. The summed E-state index contributed by atoms with van der Waals surface area (Å²) >= 11 is 0. The number of ether oxygens (including phenoxy) is 1. The Bertz CT molecular complexity index is 928. The van der Waals surface area contributed by atoms with E-state index in [2.05, 4.69) is 15.1 Å². The molecule has 1 aromatic carbocycles. The Hall–Kier alpha value is -2.43. The summed E-state index contributed by atoms with van der Waals surface area (Å²) in [5, 5.41) is 8.10. The summed E-state index contributed by atoms with van der Waals surface area (Å²) in [5.41, 5.74) is 0.468. The summed E-state index contributed by atoms with van der Waals surface area (Å²) < 4.78 is 30.4. The van der Waals surface area contributed by atoms with E-state index in [0.29, 0.717) is 37.6 Å². The fourth-order valence-corrected chi connectivity index (χ4v) is 3.79. The summed E-state index contributed by atoms with van der Waals surface area (Å²) in [6.45, 7) is 2.37. The van der Waals surface area contributed by atoms with Crippen molar-refractivity contribution in [2.24, 2.45) is 0 Å². The van der Waals surface area contributed by atoms with Gasteiger partial charge in [-0.1, -0.05) is 0 Å². The molecule has 1 aliphatic rings. The first-order valence-electron chi connectivity index (χ1n) is 8.77. The van der Waals surface area contributed by atoms with Crippen molar-refractivity contribution in [3.63, 3.8) is 0 Å². The highest BCUT2D eigenvalue weighted by Crippen LogP contribution is 2.18. The largest absolute Gasteiger partial charge is 0.480 e. The van der Waals surface area contributed by atoms with Gasteiger partial charge in [0, 0.05) is 51.9 Å². The number of piperazine rings is 1. The molecule has 29 heavy (non-hydrogen) atoms. The lowest BCUT2D eigenvalue weighted by Crippen LogP contribution is -2.49. The maximum absolute atomic E-state index is 12.7. The zero-order valence-corrected chi connectivity index (χ0v) is 18.1. The third kappa shape index (κ3) is 4.95. The number of sulfonamides is 1. The van der Waals surface area contributed by atoms with Crippen molar-refractivity contribution < 1.29 is 17.9 Å². The first-order chi connectivity index (χ1) is 13.3. The fraction of sp³-hybridized carbons (Fsp3) is 0.389. The highest BCUT2D eigenvalue weighted by atomic mass is 35.5. The molecule has 2 aromatic rings. The van der Waals surface area contributed by atoms with E-state index in [1.54, 1.807) is 23.1 Å². The number of aromatic nitrogens is 2. The van der Waals surface area contributed by atoms with Gasteiger partial charge in [0.05, 0.1) is 12.0 Å². The van der Waals surface area contributed by atoms with Crippen molar-refractivity contribution in [2.75, 3.05) is 52.3 Å². The number of hydrogen-bond acceptors (Lipinski definition) is 7.